The van der Waals surface area contributed by atoms with Crippen LogP contribution >= 0.6 is 0 Å². The molecule has 3 rings (SSSR count). The number of aromatic nitrogens is 2. The van der Waals surface area contributed by atoms with E-state index in [-0.39, 0.29) is 59.0 Å². The topological polar surface area (TPSA) is 194 Å². The van der Waals surface area contributed by atoms with Gasteiger partial charge in [-0.2, -0.15) is 4.98 Å². The zero-order chi connectivity index (χ0) is 25.4. The number of nitrogens with zero attached hydrogens (tertiary/aromatic N) is 4. The van der Waals surface area contributed by atoms with Crippen LogP contribution in [0.3, 0.4) is 0 Å². The summed E-state index contributed by atoms with van der Waals surface area (Å²) in [5, 5.41) is 33.2. The molecule has 0 fully saturated rings. The number of benzene rings is 2. The number of rotatable bonds is 12. The van der Waals surface area contributed by atoms with Crippen molar-refractivity contribution >= 4 is 58.5 Å². The fourth-order valence-electron chi connectivity index (χ4n) is 2.90. The Labute approximate surface area is 195 Å². The molecule has 1 aromatic heterocycles. The molecule has 3 aromatic rings. The number of carbonyl (C=O) groups excluding carboxylic acids is 2. The third kappa shape index (κ3) is 6.19. The van der Waals surface area contributed by atoms with Crippen molar-refractivity contribution in [2.45, 2.75) is 0 Å². The van der Waals surface area contributed by atoms with E-state index >= 15 is 0 Å². The molecule has 1 heterocycles. The second-order valence-corrected chi connectivity index (χ2v) is 6.71. The quantitative estimate of drug-likeness (QED) is 0.167. The summed E-state index contributed by atoms with van der Waals surface area (Å²) in [6.45, 7) is -0.245. The first kappa shape index (κ1) is 24.4. The first-order valence-corrected chi connectivity index (χ1v) is 9.81. The number of aldehydes is 2. The van der Waals surface area contributed by atoms with Crippen LogP contribution in [-0.4, -0.2) is 45.5 Å². The molecule has 0 atom stereocenters. The molecule has 15 heteroatoms. The van der Waals surface area contributed by atoms with Crippen molar-refractivity contribution in [2.75, 3.05) is 34.4 Å². The highest BCUT2D eigenvalue weighted by atomic mass is 19.1. The molecule has 0 aliphatic rings. The molecule has 14 nitrogen and oxygen atoms in total. The van der Waals surface area contributed by atoms with E-state index in [0.29, 0.717) is 12.6 Å². The van der Waals surface area contributed by atoms with Crippen molar-refractivity contribution in [3.8, 4) is 0 Å². The normalized spacial score (nSPS) is 10.2. The van der Waals surface area contributed by atoms with Gasteiger partial charge in [-0.1, -0.05) is 0 Å². The number of nitrogens with one attached hydrogen (secondary N) is 4. The standard InChI is InChI=1S/C20H17FN8O6/c21-14-11-24-20(26-13-2-4-16(23-6-8-31)18(10-13)29(34)35)27-19(14)25-12-1-3-15(22-5-7-30)17(9-12)28(32)33/h1-4,7-11,22-23H,5-6H2,(H2,24,25,26,27). The monoisotopic (exact) mass is 484 g/mol. The number of hydrogen-bond acceptors (Lipinski definition) is 12. The van der Waals surface area contributed by atoms with Gasteiger partial charge in [0, 0.05) is 23.5 Å². The van der Waals surface area contributed by atoms with Gasteiger partial charge >= 0.3 is 0 Å². The molecule has 180 valence electrons. The molecule has 0 unspecified atom stereocenters. The van der Waals surface area contributed by atoms with Gasteiger partial charge in [0.05, 0.1) is 29.1 Å². The number of anilines is 6. The third-order valence-corrected chi connectivity index (χ3v) is 4.40. The van der Waals surface area contributed by atoms with Crippen LogP contribution in [0.15, 0.2) is 42.6 Å². The molecule has 0 aliphatic heterocycles. The molecular formula is C20H17FN8O6. The highest BCUT2D eigenvalue weighted by Crippen LogP contribution is 2.31. The first-order chi connectivity index (χ1) is 16.8. The van der Waals surface area contributed by atoms with Gasteiger partial charge in [-0.15, -0.1) is 0 Å². The van der Waals surface area contributed by atoms with E-state index in [1.54, 1.807) is 0 Å². The summed E-state index contributed by atoms with van der Waals surface area (Å²) in [6.07, 6.45) is 1.95. The van der Waals surface area contributed by atoms with Crippen LogP contribution in [0.1, 0.15) is 0 Å². The second-order valence-electron chi connectivity index (χ2n) is 6.71. The highest BCUT2D eigenvalue weighted by molar-refractivity contribution is 5.74. The molecule has 35 heavy (non-hydrogen) atoms. The number of nitro benzene ring substituents is 2. The van der Waals surface area contributed by atoms with Crippen LogP contribution in [-0.2, 0) is 9.59 Å². The summed E-state index contributed by atoms with van der Waals surface area (Å²) in [7, 11) is 0. The van der Waals surface area contributed by atoms with E-state index in [4.69, 9.17) is 0 Å². The van der Waals surface area contributed by atoms with Crippen LogP contribution in [0, 0.1) is 26.0 Å². The maximum atomic E-state index is 14.3. The minimum absolute atomic E-state index is 0.103. The van der Waals surface area contributed by atoms with Gasteiger partial charge in [0.1, 0.15) is 23.9 Å². The molecule has 0 radical (unpaired) electrons. The Morgan fingerprint density at radius 2 is 1.37 bits per heavy atom. The maximum Gasteiger partial charge on any atom is 0.294 e. The van der Waals surface area contributed by atoms with Crippen LogP contribution in [0.5, 0.6) is 0 Å². The third-order valence-electron chi connectivity index (χ3n) is 4.40. The fourth-order valence-corrected chi connectivity index (χ4v) is 2.90. The van der Waals surface area contributed by atoms with E-state index in [1.807, 2.05) is 0 Å². The predicted molar refractivity (Wildman–Crippen MR) is 124 cm³/mol. The summed E-state index contributed by atoms with van der Waals surface area (Å²) in [5.74, 6) is -1.29. The van der Waals surface area contributed by atoms with Gasteiger partial charge in [0.2, 0.25) is 5.95 Å². The molecule has 0 aliphatic carbocycles. The molecule has 0 spiro atoms. The largest absolute Gasteiger partial charge is 0.373 e. The van der Waals surface area contributed by atoms with E-state index in [1.165, 1.54) is 30.3 Å². The van der Waals surface area contributed by atoms with Gasteiger partial charge in [0.25, 0.3) is 11.4 Å². The lowest BCUT2D eigenvalue weighted by molar-refractivity contribution is -0.384. The van der Waals surface area contributed by atoms with Crippen molar-refractivity contribution in [1.29, 1.82) is 0 Å². The minimum atomic E-state index is -0.860. The van der Waals surface area contributed by atoms with Crippen LogP contribution in [0.25, 0.3) is 0 Å². The van der Waals surface area contributed by atoms with Crippen molar-refractivity contribution in [1.82, 2.24) is 9.97 Å². The Morgan fingerprint density at radius 1 is 0.857 bits per heavy atom. The smallest absolute Gasteiger partial charge is 0.294 e. The van der Waals surface area contributed by atoms with Crippen LogP contribution < -0.4 is 21.3 Å². The second kappa shape index (κ2) is 11.1. The van der Waals surface area contributed by atoms with Crippen molar-refractivity contribution in [2.24, 2.45) is 0 Å². The van der Waals surface area contributed by atoms with E-state index in [2.05, 4.69) is 31.2 Å². The number of hydrogen-bond donors (Lipinski definition) is 4. The Hall–Kier alpha value is -5.21. The number of carbonyl (C=O) groups is 2. The Bertz CT molecular complexity index is 1290. The zero-order valence-electron chi connectivity index (χ0n) is 17.7. The SMILES string of the molecule is O=CCNc1ccc(Nc2ncc(F)c(Nc3ccc(NCC=O)c([N+](=O)[O-])c3)n2)cc1[N+](=O)[O-]. The Kier molecular flexibility index (Phi) is 7.74. The average Bonchev–Trinajstić information content (AvgIpc) is 2.84. The molecule has 0 saturated carbocycles. The Morgan fingerprint density at radius 3 is 1.86 bits per heavy atom. The van der Waals surface area contributed by atoms with Crippen LogP contribution in [0.4, 0.5) is 50.3 Å². The maximum absolute atomic E-state index is 14.3. The molecule has 4 N–H and O–H groups in total. The lowest BCUT2D eigenvalue weighted by atomic mass is 10.2. The highest BCUT2D eigenvalue weighted by Gasteiger charge is 2.17. The number of nitro groups is 2. The molecule has 2 aromatic carbocycles. The average molecular weight is 484 g/mol. The minimum Gasteiger partial charge on any atom is -0.373 e. The van der Waals surface area contributed by atoms with Gasteiger partial charge in [-0.05, 0) is 24.3 Å². The summed E-state index contributed by atoms with van der Waals surface area (Å²) in [5.41, 5.74) is -0.0769. The van der Waals surface area contributed by atoms with Crippen molar-refractivity contribution in [3.05, 3.63) is 68.6 Å². The summed E-state index contributed by atoms with van der Waals surface area (Å²) >= 11 is 0. The molecule has 0 amide bonds. The summed E-state index contributed by atoms with van der Waals surface area (Å²) < 4.78 is 14.3. The van der Waals surface area contributed by atoms with Gasteiger partial charge in [0.15, 0.2) is 11.6 Å². The van der Waals surface area contributed by atoms with Gasteiger partial charge < -0.3 is 30.9 Å². The summed E-state index contributed by atoms with van der Waals surface area (Å²) in [6, 6.07) is 7.93. The van der Waals surface area contributed by atoms with E-state index in [0.717, 1.165) is 12.3 Å². The van der Waals surface area contributed by atoms with Crippen LogP contribution in [0.2, 0.25) is 0 Å². The van der Waals surface area contributed by atoms with E-state index in [9.17, 15) is 34.2 Å². The molecule has 0 saturated heterocycles. The predicted octanol–water partition coefficient (Wildman–Crippen LogP) is 3.14. The van der Waals surface area contributed by atoms with Crippen molar-refractivity contribution in [3.63, 3.8) is 0 Å². The Balaban J connectivity index is 1.84. The molecular weight excluding hydrogens is 467 g/mol. The van der Waals surface area contributed by atoms with E-state index < -0.39 is 15.7 Å². The fraction of sp³-hybridized carbons (Fsp3) is 0.100. The van der Waals surface area contributed by atoms with Gasteiger partial charge in [-0.3, -0.25) is 20.2 Å². The van der Waals surface area contributed by atoms with Gasteiger partial charge in [-0.25, -0.2) is 9.37 Å². The lowest BCUT2D eigenvalue weighted by Gasteiger charge is -2.11. The molecule has 0 bridgehead atoms. The first-order valence-electron chi connectivity index (χ1n) is 9.81. The number of halogens is 1. The summed E-state index contributed by atoms with van der Waals surface area (Å²) in [4.78, 5) is 50.2. The zero-order valence-corrected chi connectivity index (χ0v) is 17.7. The van der Waals surface area contributed by atoms with Crippen molar-refractivity contribution < 1.29 is 23.8 Å². The lowest BCUT2D eigenvalue weighted by Crippen LogP contribution is -2.07.